The van der Waals surface area contributed by atoms with Gasteiger partial charge in [0.1, 0.15) is 6.10 Å². The number of hydrogen-bond donors (Lipinski definition) is 2. The van der Waals surface area contributed by atoms with Gasteiger partial charge in [0.25, 0.3) is 0 Å². The molecule has 0 aliphatic carbocycles. The second-order valence-electron chi connectivity index (χ2n) is 13.8. The van der Waals surface area contributed by atoms with Crippen molar-refractivity contribution in [2.45, 2.75) is 180 Å². The van der Waals surface area contributed by atoms with Crippen molar-refractivity contribution in [1.82, 2.24) is 0 Å². The molecule has 0 aromatic rings. The van der Waals surface area contributed by atoms with Gasteiger partial charge in [-0.3, -0.25) is 13.8 Å². The summed E-state index contributed by atoms with van der Waals surface area (Å²) in [4.78, 5) is 22.4. The lowest BCUT2D eigenvalue weighted by Crippen LogP contribution is -2.28. The maximum absolute atomic E-state index is 12.5. The molecule has 0 saturated carbocycles. The molecule has 2 atom stereocenters. The summed E-state index contributed by atoms with van der Waals surface area (Å²) in [7, 11) is -4.29. The zero-order valence-corrected chi connectivity index (χ0v) is 34.9. The van der Waals surface area contributed by atoms with E-state index in [4.69, 9.17) is 24.3 Å². The van der Waals surface area contributed by atoms with E-state index in [-0.39, 0.29) is 38.8 Å². The fourth-order valence-electron chi connectivity index (χ4n) is 5.57. The van der Waals surface area contributed by atoms with Gasteiger partial charge in [-0.2, -0.15) is 0 Å². The maximum atomic E-state index is 12.5. The average Bonchev–Trinajstić information content (AvgIpc) is 3.15. The Labute approximate surface area is 325 Å². The van der Waals surface area contributed by atoms with E-state index >= 15 is 0 Å². The van der Waals surface area contributed by atoms with Crippen LogP contribution in [0.1, 0.15) is 174 Å². The third-order valence-electron chi connectivity index (χ3n) is 8.67. The number of ether oxygens (including phenoxy) is 2. The van der Waals surface area contributed by atoms with Crippen LogP contribution in [0.3, 0.4) is 0 Å². The highest BCUT2D eigenvalue weighted by Gasteiger charge is 2.25. The Morgan fingerprint density at radius 1 is 0.585 bits per heavy atom. The molecular weight excluding hydrogens is 685 g/mol. The van der Waals surface area contributed by atoms with Crippen LogP contribution in [0.5, 0.6) is 0 Å². The van der Waals surface area contributed by atoms with Crippen molar-refractivity contribution in [2.24, 2.45) is 5.73 Å². The van der Waals surface area contributed by atoms with E-state index in [1.54, 1.807) is 0 Å². The SMILES string of the molecule is CC/C=C\C/C=C\C/C=C\C/C=C\CCCCC(=O)OC(COCCCCCCCCCC/C=C\CCCCCCCCC)COP(=O)(O)OCCN. The molecule has 0 aliphatic rings. The molecule has 0 spiro atoms. The zero-order chi connectivity index (χ0) is 38.8. The van der Waals surface area contributed by atoms with Gasteiger partial charge in [0, 0.05) is 19.6 Å². The van der Waals surface area contributed by atoms with Gasteiger partial charge in [-0.25, -0.2) is 4.57 Å². The highest BCUT2D eigenvalue weighted by molar-refractivity contribution is 7.47. The minimum atomic E-state index is -4.29. The summed E-state index contributed by atoms with van der Waals surface area (Å²) < 4.78 is 33.4. The minimum Gasteiger partial charge on any atom is -0.457 e. The molecule has 0 radical (unpaired) electrons. The van der Waals surface area contributed by atoms with Gasteiger partial charge in [0.15, 0.2) is 0 Å². The summed E-state index contributed by atoms with van der Waals surface area (Å²) in [6, 6.07) is 0. The predicted octanol–water partition coefficient (Wildman–Crippen LogP) is 12.6. The average molecular weight is 766 g/mol. The molecule has 0 aromatic carbocycles. The first kappa shape index (κ1) is 51.2. The first-order valence-corrected chi connectivity index (χ1v) is 22.8. The number of phosphoric acid groups is 1. The number of carbonyl (C=O) groups excluding carboxylic acids is 1. The molecule has 8 nitrogen and oxygen atoms in total. The van der Waals surface area contributed by atoms with Crippen LogP contribution in [0, 0.1) is 0 Å². The number of nitrogens with two attached hydrogens (primary N) is 1. The van der Waals surface area contributed by atoms with Crippen LogP contribution < -0.4 is 5.73 Å². The lowest BCUT2D eigenvalue weighted by Gasteiger charge is -2.20. The van der Waals surface area contributed by atoms with E-state index in [0.29, 0.717) is 13.0 Å². The van der Waals surface area contributed by atoms with Gasteiger partial charge in [0.2, 0.25) is 0 Å². The highest BCUT2D eigenvalue weighted by atomic mass is 31.2. The van der Waals surface area contributed by atoms with E-state index in [2.05, 4.69) is 74.6 Å². The van der Waals surface area contributed by atoms with Crippen LogP contribution >= 0.6 is 7.82 Å². The van der Waals surface area contributed by atoms with Gasteiger partial charge in [0.05, 0.1) is 19.8 Å². The van der Waals surface area contributed by atoms with Crippen LogP contribution in [0.4, 0.5) is 0 Å². The minimum absolute atomic E-state index is 0.0907. The quantitative estimate of drug-likeness (QED) is 0.0274. The van der Waals surface area contributed by atoms with Crippen LogP contribution in [0.15, 0.2) is 60.8 Å². The third kappa shape index (κ3) is 41.2. The largest absolute Gasteiger partial charge is 0.472 e. The number of allylic oxidation sites excluding steroid dienone is 10. The summed E-state index contributed by atoms with van der Waals surface area (Å²) in [5.41, 5.74) is 5.36. The van der Waals surface area contributed by atoms with Gasteiger partial charge in [-0.05, 0) is 77.0 Å². The molecule has 0 amide bonds. The Morgan fingerprint density at radius 2 is 1.06 bits per heavy atom. The van der Waals surface area contributed by atoms with Crippen LogP contribution in [-0.2, 0) is 27.9 Å². The van der Waals surface area contributed by atoms with Crippen molar-refractivity contribution in [3.05, 3.63) is 60.8 Å². The number of hydrogen-bond acceptors (Lipinski definition) is 7. The molecule has 308 valence electrons. The fourth-order valence-corrected chi connectivity index (χ4v) is 6.33. The van der Waals surface area contributed by atoms with E-state index in [0.717, 1.165) is 51.4 Å². The normalized spacial score (nSPS) is 14.1. The summed E-state index contributed by atoms with van der Waals surface area (Å²) in [5, 5.41) is 0. The number of carbonyl (C=O) groups is 1. The van der Waals surface area contributed by atoms with Crippen molar-refractivity contribution in [2.75, 3.05) is 33.0 Å². The molecular formula is C44H80NO7P. The molecule has 0 aliphatic heterocycles. The summed E-state index contributed by atoms with van der Waals surface area (Å²) >= 11 is 0. The Hall–Kier alpha value is -1.80. The smallest absolute Gasteiger partial charge is 0.457 e. The van der Waals surface area contributed by atoms with Gasteiger partial charge >= 0.3 is 13.8 Å². The van der Waals surface area contributed by atoms with E-state index in [1.165, 1.54) is 96.3 Å². The molecule has 0 fully saturated rings. The van der Waals surface area contributed by atoms with Crippen LogP contribution in [0.25, 0.3) is 0 Å². The number of rotatable bonds is 40. The maximum Gasteiger partial charge on any atom is 0.472 e. The lowest BCUT2D eigenvalue weighted by atomic mass is 10.1. The fraction of sp³-hybridized carbons (Fsp3) is 0.750. The van der Waals surface area contributed by atoms with Crippen LogP contribution in [0.2, 0.25) is 0 Å². The number of esters is 1. The second-order valence-corrected chi connectivity index (χ2v) is 15.3. The van der Waals surface area contributed by atoms with Gasteiger partial charge in [-0.1, -0.05) is 152 Å². The Kier molecular flexibility index (Phi) is 40.0. The molecule has 2 unspecified atom stereocenters. The summed E-state index contributed by atoms with van der Waals surface area (Å²) in [6.45, 7) is 4.73. The molecule has 0 aromatic heterocycles. The molecule has 3 N–H and O–H groups in total. The summed E-state index contributed by atoms with van der Waals surface area (Å²) in [5.74, 6) is -0.373. The van der Waals surface area contributed by atoms with Crippen LogP contribution in [-0.4, -0.2) is 49.9 Å². The molecule has 0 heterocycles. The Balaban J connectivity index is 4.09. The second kappa shape index (κ2) is 41.4. The van der Waals surface area contributed by atoms with Gasteiger partial charge < -0.3 is 20.1 Å². The zero-order valence-electron chi connectivity index (χ0n) is 34.0. The summed E-state index contributed by atoms with van der Waals surface area (Å²) in [6.07, 6.45) is 49.6. The van der Waals surface area contributed by atoms with E-state index < -0.39 is 13.9 Å². The number of unbranched alkanes of at least 4 members (excludes halogenated alkanes) is 17. The topological polar surface area (TPSA) is 117 Å². The standard InChI is InChI=1S/C44H80NO7P/c1-3-5-7-9-11-13-15-17-19-20-21-22-24-26-28-30-32-34-36-39-49-41-43(42-51-53(47,48)50-40-38-45)52-44(46)37-35-33-31-29-27-25-23-18-16-14-12-10-8-6-4-2/h6,8,12,14,18-20,23,27,29,43H,3-5,7,9-11,13,15-17,21-22,24-26,28,30-42,45H2,1-2H3,(H,47,48)/b8-6-,14-12-,20-19-,23-18-,29-27-. The molecule has 0 bridgehead atoms. The van der Waals surface area contributed by atoms with E-state index in [1.807, 2.05) is 0 Å². The van der Waals surface area contributed by atoms with E-state index in [9.17, 15) is 14.3 Å². The Morgan fingerprint density at radius 3 is 1.60 bits per heavy atom. The lowest BCUT2D eigenvalue weighted by molar-refractivity contribution is -0.154. The van der Waals surface area contributed by atoms with Crippen molar-refractivity contribution in [1.29, 1.82) is 0 Å². The molecule has 0 saturated heterocycles. The molecule has 0 rings (SSSR count). The van der Waals surface area contributed by atoms with Crippen molar-refractivity contribution >= 4 is 13.8 Å². The molecule has 9 heteroatoms. The van der Waals surface area contributed by atoms with Crippen molar-refractivity contribution in [3.8, 4) is 0 Å². The molecule has 53 heavy (non-hydrogen) atoms. The van der Waals surface area contributed by atoms with Gasteiger partial charge in [-0.15, -0.1) is 0 Å². The monoisotopic (exact) mass is 766 g/mol. The highest BCUT2D eigenvalue weighted by Crippen LogP contribution is 2.43. The first-order chi connectivity index (χ1) is 25.9. The Bertz CT molecular complexity index is 994. The van der Waals surface area contributed by atoms with Crippen molar-refractivity contribution < 1.29 is 32.8 Å². The number of phosphoric ester groups is 1. The van der Waals surface area contributed by atoms with Crippen molar-refractivity contribution in [3.63, 3.8) is 0 Å². The predicted molar refractivity (Wildman–Crippen MR) is 224 cm³/mol. The first-order valence-electron chi connectivity index (χ1n) is 21.3. The third-order valence-corrected chi connectivity index (χ3v) is 9.65.